The Morgan fingerprint density at radius 2 is 1.79 bits per heavy atom. The number of nitrogens with zero attached hydrogens (tertiary/aromatic N) is 1. The van der Waals surface area contributed by atoms with Gasteiger partial charge in [-0.3, -0.25) is 9.59 Å². The fourth-order valence-electron chi connectivity index (χ4n) is 3.31. The second-order valence-electron chi connectivity index (χ2n) is 7.00. The SMILES string of the molecule is O=C(CCCOc1ccccc1Br)NC1CCN(C(=O)c2ccccc2F)CC1. The molecular weight excluding hydrogens is 439 g/mol. The third kappa shape index (κ3) is 6.03. The minimum absolute atomic E-state index is 0.0143. The van der Waals surface area contributed by atoms with Crippen LogP contribution in [0.1, 0.15) is 36.0 Å². The highest BCUT2D eigenvalue weighted by Gasteiger charge is 2.25. The van der Waals surface area contributed by atoms with Crippen LogP contribution in [0.2, 0.25) is 0 Å². The Morgan fingerprint density at radius 3 is 2.52 bits per heavy atom. The molecule has 0 radical (unpaired) electrons. The Kier molecular flexibility index (Phi) is 7.63. The summed E-state index contributed by atoms with van der Waals surface area (Å²) in [6, 6.07) is 13.7. The van der Waals surface area contributed by atoms with E-state index in [2.05, 4.69) is 21.2 Å². The summed E-state index contributed by atoms with van der Waals surface area (Å²) in [7, 11) is 0. The Bertz CT molecular complexity index is 853. The Hall–Kier alpha value is -2.41. The molecule has 3 rings (SSSR count). The van der Waals surface area contributed by atoms with Crippen LogP contribution in [-0.4, -0.2) is 42.5 Å². The number of piperidine rings is 1. The molecule has 0 aromatic heterocycles. The maximum atomic E-state index is 13.8. The molecule has 1 aliphatic rings. The van der Waals surface area contributed by atoms with Gasteiger partial charge in [0.15, 0.2) is 0 Å². The van der Waals surface area contributed by atoms with Crippen molar-refractivity contribution in [2.75, 3.05) is 19.7 Å². The molecule has 1 fully saturated rings. The largest absolute Gasteiger partial charge is 0.492 e. The zero-order chi connectivity index (χ0) is 20.6. The molecular formula is C22H24BrFN2O3. The van der Waals surface area contributed by atoms with Crippen LogP contribution < -0.4 is 10.1 Å². The second-order valence-corrected chi connectivity index (χ2v) is 7.85. The van der Waals surface area contributed by atoms with E-state index in [0.29, 0.717) is 45.4 Å². The lowest BCUT2D eigenvalue weighted by atomic mass is 10.0. The van der Waals surface area contributed by atoms with Crippen molar-refractivity contribution >= 4 is 27.7 Å². The van der Waals surface area contributed by atoms with Crippen LogP contribution in [0, 0.1) is 5.82 Å². The van der Waals surface area contributed by atoms with Crippen LogP contribution in [0.15, 0.2) is 53.0 Å². The van der Waals surface area contributed by atoms with E-state index in [9.17, 15) is 14.0 Å². The smallest absolute Gasteiger partial charge is 0.256 e. The molecule has 154 valence electrons. The van der Waals surface area contributed by atoms with Gasteiger partial charge in [0.1, 0.15) is 11.6 Å². The number of halogens is 2. The highest BCUT2D eigenvalue weighted by molar-refractivity contribution is 9.10. The number of para-hydroxylation sites is 1. The lowest BCUT2D eigenvalue weighted by molar-refractivity contribution is -0.122. The summed E-state index contributed by atoms with van der Waals surface area (Å²) in [5, 5.41) is 3.02. The first kappa shape index (κ1) is 21.3. The minimum Gasteiger partial charge on any atom is -0.492 e. The summed E-state index contributed by atoms with van der Waals surface area (Å²) >= 11 is 3.42. The van der Waals surface area contributed by atoms with Gasteiger partial charge in [0.25, 0.3) is 5.91 Å². The predicted molar refractivity (Wildman–Crippen MR) is 112 cm³/mol. The van der Waals surface area contributed by atoms with E-state index in [1.54, 1.807) is 17.0 Å². The van der Waals surface area contributed by atoms with Gasteiger partial charge < -0.3 is 15.0 Å². The minimum atomic E-state index is -0.502. The quantitative estimate of drug-likeness (QED) is 0.628. The molecule has 2 aromatic carbocycles. The standard InChI is InChI=1S/C22H24BrFN2O3/c23-18-7-2-4-9-20(18)29-15-5-10-21(27)25-16-11-13-26(14-12-16)22(28)17-6-1-3-8-19(17)24/h1-4,6-9,16H,5,10-15H2,(H,25,27). The number of nitrogens with one attached hydrogen (secondary N) is 1. The van der Waals surface area contributed by atoms with Crippen LogP contribution in [0.4, 0.5) is 4.39 Å². The van der Waals surface area contributed by atoms with Crippen molar-refractivity contribution in [3.05, 3.63) is 64.4 Å². The topological polar surface area (TPSA) is 58.6 Å². The summed E-state index contributed by atoms with van der Waals surface area (Å²) in [4.78, 5) is 26.3. The first-order chi connectivity index (χ1) is 14.0. The zero-order valence-electron chi connectivity index (χ0n) is 16.1. The predicted octanol–water partition coefficient (Wildman–Crippen LogP) is 4.17. The molecule has 1 N–H and O–H groups in total. The van der Waals surface area contributed by atoms with Crippen molar-refractivity contribution in [3.8, 4) is 5.75 Å². The van der Waals surface area contributed by atoms with Gasteiger partial charge in [-0.25, -0.2) is 4.39 Å². The molecule has 0 aliphatic carbocycles. The summed E-state index contributed by atoms with van der Waals surface area (Å²) in [5.74, 6) is -0.0471. The molecule has 0 unspecified atom stereocenters. The highest BCUT2D eigenvalue weighted by Crippen LogP contribution is 2.24. The number of carbonyl (C=O) groups excluding carboxylic acids is 2. The second kappa shape index (κ2) is 10.4. The van der Waals surface area contributed by atoms with Crippen LogP contribution in [0.5, 0.6) is 5.75 Å². The van der Waals surface area contributed by atoms with E-state index in [0.717, 1.165) is 10.2 Å². The van der Waals surface area contributed by atoms with E-state index >= 15 is 0 Å². The van der Waals surface area contributed by atoms with Gasteiger partial charge >= 0.3 is 0 Å². The Labute approximate surface area is 178 Å². The third-order valence-electron chi connectivity index (χ3n) is 4.89. The highest BCUT2D eigenvalue weighted by atomic mass is 79.9. The molecule has 0 saturated carbocycles. The van der Waals surface area contributed by atoms with Crippen molar-refractivity contribution in [2.45, 2.75) is 31.7 Å². The zero-order valence-corrected chi connectivity index (χ0v) is 17.7. The number of rotatable bonds is 7. The molecule has 0 atom stereocenters. The van der Waals surface area contributed by atoms with Crippen LogP contribution >= 0.6 is 15.9 Å². The first-order valence-corrected chi connectivity index (χ1v) is 10.5. The fourth-order valence-corrected chi connectivity index (χ4v) is 3.71. The number of hydrogen-bond donors (Lipinski definition) is 1. The molecule has 7 heteroatoms. The molecule has 5 nitrogen and oxygen atoms in total. The van der Waals surface area contributed by atoms with Crippen LogP contribution in [0.3, 0.4) is 0 Å². The van der Waals surface area contributed by atoms with Gasteiger partial charge in [-0.1, -0.05) is 24.3 Å². The van der Waals surface area contributed by atoms with E-state index in [1.165, 1.54) is 12.1 Å². The van der Waals surface area contributed by atoms with E-state index < -0.39 is 5.82 Å². The summed E-state index contributed by atoms with van der Waals surface area (Å²) in [6.45, 7) is 1.47. The maximum Gasteiger partial charge on any atom is 0.256 e. The molecule has 1 aliphatic heterocycles. The van der Waals surface area contributed by atoms with Gasteiger partial charge in [-0.05, 0) is 59.5 Å². The van der Waals surface area contributed by atoms with E-state index in [1.807, 2.05) is 24.3 Å². The van der Waals surface area contributed by atoms with Crippen LogP contribution in [-0.2, 0) is 4.79 Å². The summed E-state index contributed by atoms with van der Waals surface area (Å²) < 4.78 is 20.4. The number of hydrogen-bond acceptors (Lipinski definition) is 3. The molecule has 0 bridgehead atoms. The van der Waals surface area contributed by atoms with Crippen molar-refractivity contribution in [3.63, 3.8) is 0 Å². The number of benzene rings is 2. The van der Waals surface area contributed by atoms with Gasteiger partial charge in [-0.2, -0.15) is 0 Å². The number of likely N-dealkylation sites (tertiary alicyclic amines) is 1. The molecule has 2 amide bonds. The summed E-state index contributed by atoms with van der Waals surface area (Å²) in [5.41, 5.74) is 0.0973. The van der Waals surface area contributed by atoms with Crippen LogP contribution in [0.25, 0.3) is 0 Å². The van der Waals surface area contributed by atoms with Crippen molar-refractivity contribution < 1.29 is 18.7 Å². The fraction of sp³-hybridized carbons (Fsp3) is 0.364. The normalized spacial score (nSPS) is 14.5. The van der Waals surface area contributed by atoms with Gasteiger partial charge in [0.2, 0.25) is 5.91 Å². The first-order valence-electron chi connectivity index (χ1n) is 9.75. The van der Waals surface area contributed by atoms with Crippen molar-refractivity contribution in [1.29, 1.82) is 0 Å². The van der Waals surface area contributed by atoms with Gasteiger partial charge in [-0.15, -0.1) is 0 Å². The average Bonchev–Trinajstić information content (AvgIpc) is 2.73. The number of amides is 2. The van der Waals surface area contributed by atoms with E-state index in [4.69, 9.17) is 4.74 Å². The number of carbonyl (C=O) groups is 2. The van der Waals surface area contributed by atoms with Gasteiger partial charge in [0, 0.05) is 25.6 Å². The van der Waals surface area contributed by atoms with Gasteiger partial charge in [0.05, 0.1) is 16.6 Å². The average molecular weight is 463 g/mol. The number of ether oxygens (including phenoxy) is 1. The molecule has 1 saturated heterocycles. The van der Waals surface area contributed by atoms with Crippen molar-refractivity contribution in [2.24, 2.45) is 0 Å². The summed E-state index contributed by atoms with van der Waals surface area (Å²) in [6.07, 6.45) is 2.34. The molecule has 2 aromatic rings. The third-order valence-corrected chi connectivity index (χ3v) is 5.55. The molecule has 29 heavy (non-hydrogen) atoms. The molecule has 0 spiro atoms. The Morgan fingerprint density at radius 1 is 1.10 bits per heavy atom. The van der Waals surface area contributed by atoms with Crippen molar-refractivity contribution in [1.82, 2.24) is 10.2 Å². The lowest BCUT2D eigenvalue weighted by Crippen LogP contribution is -2.46. The Balaban J connectivity index is 1.36. The monoisotopic (exact) mass is 462 g/mol. The lowest BCUT2D eigenvalue weighted by Gasteiger charge is -2.32. The molecule has 1 heterocycles. The van der Waals surface area contributed by atoms with E-state index in [-0.39, 0.29) is 23.4 Å². The maximum absolute atomic E-state index is 13.8.